The molecule has 0 spiro atoms. The molecule has 0 atom stereocenters. The molecule has 1 N–H and O–H groups in total. The molecule has 0 saturated carbocycles. The minimum Gasteiger partial charge on any atom is -0.377 e. The van der Waals surface area contributed by atoms with Crippen molar-refractivity contribution in [2.75, 3.05) is 5.32 Å². The number of hydrogen-bond donors (Lipinski definition) is 1. The van der Waals surface area contributed by atoms with Crippen molar-refractivity contribution in [2.24, 2.45) is 0 Å². The molecule has 1 aromatic carbocycles. The summed E-state index contributed by atoms with van der Waals surface area (Å²) < 4.78 is 2.23. The molecule has 0 fully saturated rings. The molecule has 0 aliphatic carbocycles. The van der Waals surface area contributed by atoms with Crippen LogP contribution in [0, 0.1) is 0 Å². The Balaban J connectivity index is 1.74. The van der Waals surface area contributed by atoms with Crippen LogP contribution in [-0.4, -0.2) is 14.8 Å². The van der Waals surface area contributed by atoms with Crippen molar-refractivity contribution in [3.8, 4) is 0 Å². The maximum Gasteiger partial charge on any atom is 0.152 e. The molecule has 1 aliphatic rings. The van der Waals surface area contributed by atoms with Gasteiger partial charge in [-0.15, -0.1) is 10.2 Å². The van der Waals surface area contributed by atoms with Crippen LogP contribution >= 0.6 is 23.2 Å². The molecule has 4 nitrogen and oxygen atoms in total. The molecule has 2 aromatic rings. The van der Waals surface area contributed by atoms with Gasteiger partial charge in [0.15, 0.2) is 5.82 Å². The maximum atomic E-state index is 6.15. The van der Waals surface area contributed by atoms with Gasteiger partial charge < -0.3 is 9.88 Å². The van der Waals surface area contributed by atoms with E-state index in [1.165, 1.54) is 19.3 Å². The largest absolute Gasteiger partial charge is 0.377 e. The van der Waals surface area contributed by atoms with E-state index >= 15 is 0 Å². The molecular formula is C14H16Cl2N4. The summed E-state index contributed by atoms with van der Waals surface area (Å²) in [6.07, 6.45) is 4.68. The summed E-state index contributed by atoms with van der Waals surface area (Å²) in [5, 5.41) is 13.1. The predicted octanol–water partition coefficient (Wildman–Crippen LogP) is 3.92. The number of nitrogens with one attached hydrogen (secondary N) is 1. The van der Waals surface area contributed by atoms with Crippen molar-refractivity contribution in [1.29, 1.82) is 0 Å². The summed E-state index contributed by atoms with van der Waals surface area (Å²) in [6.45, 7) is 1.63. The first-order chi connectivity index (χ1) is 9.74. The highest BCUT2D eigenvalue weighted by molar-refractivity contribution is 6.36. The van der Waals surface area contributed by atoms with Crippen molar-refractivity contribution < 1.29 is 0 Å². The average molecular weight is 311 g/mol. The number of aryl methyl sites for hydroxylation is 1. The molecule has 0 saturated heterocycles. The third kappa shape index (κ3) is 2.91. The van der Waals surface area contributed by atoms with Gasteiger partial charge in [0.05, 0.1) is 17.3 Å². The number of fused-ring (bicyclic) bond motifs is 1. The molecule has 1 aliphatic heterocycles. The Morgan fingerprint density at radius 1 is 1.15 bits per heavy atom. The van der Waals surface area contributed by atoms with Crippen molar-refractivity contribution in [3.05, 3.63) is 39.9 Å². The molecule has 106 valence electrons. The van der Waals surface area contributed by atoms with Crippen LogP contribution in [0.25, 0.3) is 0 Å². The van der Waals surface area contributed by atoms with Gasteiger partial charge in [-0.3, -0.25) is 0 Å². The summed E-state index contributed by atoms with van der Waals surface area (Å²) in [5.74, 6) is 2.06. The van der Waals surface area contributed by atoms with Crippen molar-refractivity contribution in [3.63, 3.8) is 0 Å². The lowest BCUT2D eigenvalue weighted by Crippen LogP contribution is -2.10. The first-order valence-electron chi connectivity index (χ1n) is 6.84. The van der Waals surface area contributed by atoms with Crippen molar-refractivity contribution in [1.82, 2.24) is 14.8 Å². The summed E-state index contributed by atoms with van der Waals surface area (Å²) >= 11 is 12.0. The SMILES string of the molecule is Clc1ccc(NCc2nnc3n2CCCCC3)c(Cl)c1. The zero-order valence-corrected chi connectivity index (χ0v) is 12.6. The van der Waals surface area contributed by atoms with E-state index in [0.717, 1.165) is 30.3 Å². The van der Waals surface area contributed by atoms with Crippen LogP contribution in [0.5, 0.6) is 0 Å². The second-order valence-electron chi connectivity index (χ2n) is 4.97. The van der Waals surface area contributed by atoms with Crippen molar-refractivity contribution in [2.45, 2.75) is 38.8 Å². The third-order valence-electron chi connectivity index (χ3n) is 3.55. The highest BCUT2D eigenvalue weighted by Crippen LogP contribution is 2.26. The number of rotatable bonds is 3. The van der Waals surface area contributed by atoms with Gasteiger partial charge in [-0.1, -0.05) is 29.6 Å². The zero-order valence-electron chi connectivity index (χ0n) is 11.1. The fourth-order valence-electron chi connectivity index (χ4n) is 2.48. The fourth-order valence-corrected chi connectivity index (χ4v) is 2.96. The van der Waals surface area contributed by atoms with Crippen LogP contribution in [0.3, 0.4) is 0 Å². The van der Waals surface area contributed by atoms with Crippen LogP contribution in [-0.2, 0) is 19.5 Å². The van der Waals surface area contributed by atoms with E-state index in [9.17, 15) is 0 Å². The fraction of sp³-hybridized carbons (Fsp3) is 0.429. The highest BCUT2D eigenvalue weighted by Gasteiger charge is 2.14. The second-order valence-corrected chi connectivity index (χ2v) is 5.82. The van der Waals surface area contributed by atoms with Crippen LogP contribution in [0.4, 0.5) is 5.69 Å². The Labute approximate surface area is 128 Å². The number of halogens is 2. The number of nitrogens with zero attached hydrogens (tertiary/aromatic N) is 3. The first kappa shape index (κ1) is 13.7. The molecule has 1 aromatic heterocycles. The van der Waals surface area contributed by atoms with Gasteiger partial charge in [-0.05, 0) is 31.0 Å². The van der Waals surface area contributed by atoms with Gasteiger partial charge in [0.2, 0.25) is 0 Å². The van der Waals surface area contributed by atoms with E-state index < -0.39 is 0 Å². The Morgan fingerprint density at radius 3 is 2.90 bits per heavy atom. The van der Waals surface area contributed by atoms with Crippen LogP contribution in [0.15, 0.2) is 18.2 Å². The lowest BCUT2D eigenvalue weighted by Gasteiger charge is -2.10. The van der Waals surface area contributed by atoms with Gasteiger partial charge >= 0.3 is 0 Å². The van der Waals surface area contributed by atoms with Crippen LogP contribution in [0.1, 0.15) is 30.9 Å². The molecule has 0 bridgehead atoms. The molecule has 0 radical (unpaired) electrons. The monoisotopic (exact) mass is 310 g/mol. The topological polar surface area (TPSA) is 42.7 Å². The lowest BCUT2D eigenvalue weighted by atomic mass is 10.2. The van der Waals surface area contributed by atoms with E-state index in [2.05, 4.69) is 20.1 Å². The van der Waals surface area contributed by atoms with E-state index in [1.807, 2.05) is 12.1 Å². The number of aromatic nitrogens is 3. The van der Waals surface area contributed by atoms with E-state index in [4.69, 9.17) is 23.2 Å². The summed E-state index contributed by atoms with van der Waals surface area (Å²) in [7, 11) is 0. The summed E-state index contributed by atoms with van der Waals surface area (Å²) in [6, 6.07) is 5.43. The standard InChI is InChI=1S/C14H16Cl2N4/c15-10-5-6-12(11(16)8-10)17-9-14-19-18-13-4-2-1-3-7-20(13)14/h5-6,8,17H,1-4,7,9H2. The van der Waals surface area contributed by atoms with Gasteiger partial charge in [0, 0.05) is 18.0 Å². The maximum absolute atomic E-state index is 6.15. The molecule has 0 amide bonds. The smallest absolute Gasteiger partial charge is 0.152 e. The van der Waals surface area contributed by atoms with Crippen LogP contribution in [0.2, 0.25) is 10.0 Å². The van der Waals surface area contributed by atoms with Gasteiger partial charge in [-0.2, -0.15) is 0 Å². The quantitative estimate of drug-likeness (QED) is 0.934. The van der Waals surface area contributed by atoms with Gasteiger partial charge in [-0.25, -0.2) is 0 Å². The normalized spacial score (nSPS) is 14.7. The molecule has 2 heterocycles. The van der Waals surface area contributed by atoms with E-state index in [1.54, 1.807) is 6.07 Å². The molecular weight excluding hydrogens is 295 g/mol. The predicted molar refractivity (Wildman–Crippen MR) is 81.4 cm³/mol. The minimum atomic E-state index is 0.619. The van der Waals surface area contributed by atoms with Crippen LogP contribution < -0.4 is 5.32 Å². The number of anilines is 1. The lowest BCUT2D eigenvalue weighted by molar-refractivity contribution is 0.610. The highest BCUT2D eigenvalue weighted by atomic mass is 35.5. The van der Waals surface area contributed by atoms with E-state index in [0.29, 0.717) is 16.6 Å². The molecule has 3 rings (SSSR count). The Hall–Kier alpha value is -1.26. The van der Waals surface area contributed by atoms with Gasteiger partial charge in [0.1, 0.15) is 5.82 Å². The summed E-state index contributed by atoms with van der Waals surface area (Å²) in [4.78, 5) is 0. The minimum absolute atomic E-state index is 0.619. The van der Waals surface area contributed by atoms with Crippen molar-refractivity contribution >= 4 is 28.9 Å². The third-order valence-corrected chi connectivity index (χ3v) is 4.10. The molecule has 20 heavy (non-hydrogen) atoms. The molecule has 6 heteroatoms. The number of hydrogen-bond acceptors (Lipinski definition) is 3. The summed E-state index contributed by atoms with van der Waals surface area (Å²) in [5.41, 5.74) is 0.863. The first-order valence-corrected chi connectivity index (χ1v) is 7.59. The second kappa shape index (κ2) is 6.02. The van der Waals surface area contributed by atoms with E-state index in [-0.39, 0.29) is 0 Å². The van der Waals surface area contributed by atoms with Gasteiger partial charge in [0.25, 0.3) is 0 Å². The zero-order chi connectivity index (χ0) is 13.9. The Kier molecular flexibility index (Phi) is 4.13. The average Bonchev–Trinajstić information content (AvgIpc) is 2.66. The Morgan fingerprint density at radius 2 is 2.05 bits per heavy atom. The number of benzene rings is 1. The Bertz CT molecular complexity index is 609. The molecule has 0 unspecified atom stereocenters.